The van der Waals surface area contributed by atoms with Crippen LogP contribution in [0.5, 0.6) is 0 Å². The van der Waals surface area contributed by atoms with Crippen LogP contribution >= 0.6 is 0 Å². The molecule has 118 valence electrons. The molecule has 2 aliphatic rings. The zero-order chi connectivity index (χ0) is 14.3. The van der Waals surface area contributed by atoms with Gasteiger partial charge >= 0.3 is 0 Å². The van der Waals surface area contributed by atoms with Gasteiger partial charge in [0.2, 0.25) is 0 Å². The molecule has 1 saturated heterocycles. The second-order valence-electron chi connectivity index (χ2n) is 7.84. The number of hydrogen-bond donors (Lipinski definition) is 2. The lowest BCUT2D eigenvalue weighted by Crippen LogP contribution is -2.34. The summed E-state index contributed by atoms with van der Waals surface area (Å²) in [6, 6.07) is 0. The van der Waals surface area contributed by atoms with Crippen molar-refractivity contribution in [1.29, 1.82) is 0 Å². The molecule has 2 heteroatoms. The van der Waals surface area contributed by atoms with Gasteiger partial charge in [-0.1, -0.05) is 26.7 Å². The Morgan fingerprint density at radius 1 is 1.20 bits per heavy atom. The Labute approximate surface area is 126 Å². The fraction of sp³-hybridized carbons (Fsp3) is 1.00. The van der Waals surface area contributed by atoms with Gasteiger partial charge < -0.3 is 10.6 Å². The summed E-state index contributed by atoms with van der Waals surface area (Å²) >= 11 is 0. The van der Waals surface area contributed by atoms with Gasteiger partial charge in [-0.05, 0) is 81.8 Å². The fourth-order valence-corrected chi connectivity index (χ4v) is 4.48. The van der Waals surface area contributed by atoms with Crippen molar-refractivity contribution in [3.05, 3.63) is 0 Å². The van der Waals surface area contributed by atoms with E-state index in [9.17, 15) is 0 Å². The van der Waals surface area contributed by atoms with Gasteiger partial charge in [0.1, 0.15) is 0 Å². The van der Waals surface area contributed by atoms with Gasteiger partial charge in [0.25, 0.3) is 0 Å². The van der Waals surface area contributed by atoms with Crippen LogP contribution in [0.4, 0.5) is 0 Å². The van der Waals surface area contributed by atoms with E-state index in [4.69, 9.17) is 0 Å². The van der Waals surface area contributed by atoms with Crippen LogP contribution in [0.2, 0.25) is 0 Å². The van der Waals surface area contributed by atoms with Crippen molar-refractivity contribution in [1.82, 2.24) is 10.6 Å². The predicted molar refractivity (Wildman–Crippen MR) is 88.1 cm³/mol. The molecular weight excluding hydrogens is 244 g/mol. The molecule has 2 nitrogen and oxygen atoms in total. The van der Waals surface area contributed by atoms with Crippen LogP contribution in [-0.4, -0.2) is 26.2 Å². The smallest absolute Gasteiger partial charge is 0.000790 e. The number of hydrogen-bond acceptors (Lipinski definition) is 2. The lowest BCUT2D eigenvalue weighted by atomic mass is 9.78. The highest BCUT2D eigenvalue weighted by Crippen LogP contribution is 2.42. The van der Waals surface area contributed by atoms with Crippen LogP contribution in [0, 0.1) is 17.3 Å². The van der Waals surface area contributed by atoms with Crippen molar-refractivity contribution in [3.63, 3.8) is 0 Å². The second-order valence-corrected chi connectivity index (χ2v) is 7.84. The van der Waals surface area contributed by atoms with Crippen LogP contribution in [0.1, 0.15) is 71.6 Å². The van der Waals surface area contributed by atoms with Crippen molar-refractivity contribution >= 4 is 0 Å². The van der Waals surface area contributed by atoms with Crippen molar-refractivity contribution in [3.8, 4) is 0 Å². The van der Waals surface area contributed by atoms with Crippen LogP contribution < -0.4 is 10.6 Å². The summed E-state index contributed by atoms with van der Waals surface area (Å²) in [6.07, 6.45) is 12.9. The average molecular weight is 280 g/mol. The molecule has 1 unspecified atom stereocenters. The summed E-state index contributed by atoms with van der Waals surface area (Å²) in [7, 11) is 0. The normalized spacial score (nSPS) is 26.2. The van der Waals surface area contributed by atoms with Crippen molar-refractivity contribution < 1.29 is 0 Å². The number of rotatable bonds is 8. The van der Waals surface area contributed by atoms with Crippen molar-refractivity contribution in [2.24, 2.45) is 17.3 Å². The maximum Gasteiger partial charge on any atom is 0.000790 e. The zero-order valence-corrected chi connectivity index (χ0v) is 13.8. The van der Waals surface area contributed by atoms with Gasteiger partial charge in [0, 0.05) is 6.54 Å². The molecule has 1 atom stereocenters. The minimum Gasteiger partial charge on any atom is -0.316 e. The number of nitrogens with one attached hydrogen (secondary N) is 2. The van der Waals surface area contributed by atoms with E-state index in [1.807, 2.05) is 0 Å². The van der Waals surface area contributed by atoms with Gasteiger partial charge in [-0.25, -0.2) is 0 Å². The maximum absolute atomic E-state index is 3.79. The van der Waals surface area contributed by atoms with E-state index in [0.29, 0.717) is 5.41 Å². The summed E-state index contributed by atoms with van der Waals surface area (Å²) in [5.74, 6) is 1.80. The molecule has 1 aliphatic heterocycles. The molecule has 1 saturated carbocycles. The Kier molecular flexibility index (Phi) is 6.83. The molecule has 2 fully saturated rings. The molecule has 0 aromatic carbocycles. The van der Waals surface area contributed by atoms with Gasteiger partial charge in [0.05, 0.1) is 0 Å². The Balaban J connectivity index is 1.58. The van der Waals surface area contributed by atoms with Gasteiger partial charge in [0.15, 0.2) is 0 Å². The first-order chi connectivity index (χ1) is 9.70. The second kappa shape index (κ2) is 8.38. The molecule has 20 heavy (non-hydrogen) atoms. The predicted octanol–water partition coefficient (Wildman–Crippen LogP) is 3.96. The molecule has 0 aromatic rings. The first-order valence-electron chi connectivity index (χ1n) is 9.12. The molecule has 2 N–H and O–H groups in total. The molecule has 1 aliphatic carbocycles. The van der Waals surface area contributed by atoms with E-state index < -0.39 is 0 Å². The SMILES string of the molecule is CC(C)CC1(CNCCCC2CCCNC2)CCCC1. The van der Waals surface area contributed by atoms with Crippen molar-refractivity contribution in [2.45, 2.75) is 71.6 Å². The van der Waals surface area contributed by atoms with E-state index in [0.717, 1.165) is 11.8 Å². The summed E-state index contributed by atoms with van der Waals surface area (Å²) < 4.78 is 0. The van der Waals surface area contributed by atoms with Crippen LogP contribution in [0.3, 0.4) is 0 Å². The van der Waals surface area contributed by atoms with E-state index in [1.165, 1.54) is 84.0 Å². The third-order valence-electron chi connectivity index (χ3n) is 5.37. The summed E-state index contributed by atoms with van der Waals surface area (Å²) in [4.78, 5) is 0. The fourth-order valence-electron chi connectivity index (χ4n) is 4.48. The summed E-state index contributed by atoms with van der Waals surface area (Å²) in [6.45, 7) is 9.78. The topological polar surface area (TPSA) is 24.1 Å². The van der Waals surface area contributed by atoms with Crippen LogP contribution in [0.25, 0.3) is 0 Å². The molecule has 0 bridgehead atoms. The Morgan fingerprint density at radius 2 is 2.00 bits per heavy atom. The highest BCUT2D eigenvalue weighted by Gasteiger charge is 2.33. The summed E-state index contributed by atoms with van der Waals surface area (Å²) in [5, 5.41) is 7.32. The van der Waals surface area contributed by atoms with Crippen LogP contribution in [0.15, 0.2) is 0 Å². The highest BCUT2D eigenvalue weighted by molar-refractivity contribution is 4.87. The zero-order valence-electron chi connectivity index (χ0n) is 13.8. The van der Waals surface area contributed by atoms with E-state index in [2.05, 4.69) is 24.5 Å². The molecule has 0 aromatic heterocycles. The minimum absolute atomic E-state index is 0.639. The van der Waals surface area contributed by atoms with E-state index in [1.54, 1.807) is 0 Å². The van der Waals surface area contributed by atoms with E-state index >= 15 is 0 Å². The molecule has 0 radical (unpaired) electrons. The molecule has 0 amide bonds. The van der Waals surface area contributed by atoms with Gasteiger partial charge in [-0.15, -0.1) is 0 Å². The third-order valence-corrected chi connectivity index (χ3v) is 5.37. The minimum atomic E-state index is 0.639. The highest BCUT2D eigenvalue weighted by atomic mass is 14.9. The quantitative estimate of drug-likeness (QED) is 0.658. The first-order valence-corrected chi connectivity index (χ1v) is 9.12. The average Bonchev–Trinajstić information content (AvgIpc) is 2.87. The molecular formula is C18H36N2. The van der Waals surface area contributed by atoms with Gasteiger partial charge in [-0.2, -0.15) is 0 Å². The first kappa shape index (κ1) is 16.3. The molecule has 0 spiro atoms. The maximum atomic E-state index is 3.79. The standard InChI is InChI=1S/C18H36N2/c1-16(2)13-18(9-3-4-10-18)15-20-12-6-8-17-7-5-11-19-14-17/h16-17,19-20H,3-15H2,1-2H3. The summed E-state index contributed by atoms with van der Waals surface area (Å²) in [5.41, 5.74) is 0.639. The number of piperidine rings is 1. The van der Waals surface area contributed by atoms with Gasteiger partial charge in [-0.3, -0.25) is 0 Å². The van der Waals surface area contributed by atoms with E-state index in [-0.39, 0.29) is 0 Å². The molecule has 2 rings (SSSR count). The monoisotopic (exact) mass is 280 g/mol. The molecule has 1 heterocycles. The Bertz CT molecular complexity index is 250. The van der Waals surface area contributed by atoms with Crippen molar-refractivity contribution in [2.75, 3.05) is 26.2 Å². The lowest BCUT2D eigenvalue weighted by molar-refractivity contribution is 0.223. The van der Waals surface area contributed by atoms with Crippen LogP contribution in [-0.2, 0) is 0 Å². The Hall–Kier alpha value is -0.0800. The largest absolute Gasteiger partial charge is 0.316 e. The lowest BCUT2D eigenvalue weighted by Gasteiger charge is -2.31. The Morgan fingerprint density at radius 3 is 2.65 bits per heavy atom. The third kappa shape index (κ3) is 5.37.